The van der Waals surface area contributed by atoms with E-state index < -0.39 is 23.5 Å². The van der Waals surface area contributed by atoms with E-state index in [1.807, 2.05) is 18.2 Å². The van der Waals surface area contributed by atoms with Crippen LogP contribution in [0, 0.1) is 5.82 Å². The normalized spacial score (nSPS) is 11.8. The highest BCUT2D eigenvalue weighted by Crippen LogP contribution is 2.36. The lowest BCUT2D eigenvalue weighted by molar-refractivity contribution is -0.117. The highest BCUT2D eigenvalue weighted by Gasteiger charge is 2.30. The second-order valence-electron chi connectivity index (χ2n) is 9.91. The summed E-state index contributed by atoms with van der Waals surface area (Å²) in [6.07, 6.45) is 3.24. The third kappa shape index (κ3) is 6.46. The minimum Gasteiger partial charge on any atom is -0.345 e. The van der Waals surface area contributed by atoms with Crippen molar-refractivity contribution < 1.29 is 18.8 Å². The van der Waals surface area contributed by atoms with Crippen molar-refractivity contribution in [2.75, 3.05) is 5.32 Å². The molecule has 1 atom stereocenters. The van der Waals surface area contributed by atoms with Gasteiger partial charge in [0.2, 0.25) is 5.82 Å². The second kappa shape index (κ2) is 12.8. The lowest BCUT2D eigenvalue weighted by Gasteiger charge is -2.19. The Kier molecular flexibility index (Phi) is 8.90. The van der Waals surface area contributed by atoms with Crippen molar-refractivity contribution >= 4 is 56.6 Å². The van der Waals surface area contributed by atoms with Crippen molar-refractivity contribution in [3.63, 3.8) is 0 Å². The fraction of sp³-hybridized carbons (Fsp3) is 0.200. The van der Waals surface area contributed by atoms with E-state index in [0.29, 0.717) is 28.8 Å². The number of imidazole rings is 1. The Labute approximate surface area is 255 Å². The molecule has 13 heteroatoms. The maximum atomic E-state index is 14.3. The lowest BCUT2D eigenvalue weighted by atomic mass is 9.96. The number of fused-ring (bicyclic) bond motifs is 1. The van der Waals surface area contributed by atoms with Crippen LogP contribution in [0.5, 0.6) is 0 Å². The molecule has 220 valence electrons. The molecular formula is C30H27ClFN7O3S. The number of benzene rings is 2. The van der Waals surface area contributed by atoms with Gasteiger partial charge in [-0.2, -0.15) is 4.37 Å². The second-order valence-corrected chi connectivity index (χ2v) is 11.1. The molecule has 2 amide bonds. The van der Waals surface area contributed by atoms with E-state index >= 15 is 0 Å². The number of amides is 2. The highest BCUT2D eigenvalue weighted by atomic mass is 35.5. The molecule has 0 fully saturated rings. The zero-order valence-corrected chi connectivity index (χ0v) is 24.8. The molecule has 3 aromatic heterocycles. The molecule has 3 heterocycles. The number of hydrogen-bond acceptors (Lipinski definition) is 8. The smallest absolute Gasteiger partial charge is 0.287 e. The molecular weight excluding hydrogens is 593 g/mol. The summed E-state index contributed by atoms with van der Waals surface area (Å²) in [4.78, 5) is 48.2. The predicted molar refractivity (Wildman–Crippen MR) is 163 cm³/mol. The number of hydrogen-bond donors (Lipinski definition) is 3. The zero-order valence-electron chi connectivity index (χ0n) is 23.2. The highest BCUT2D eigenvalue weighted by molar-refractivity contribution is 7.13. The molecule has 10 nitrogen and oxygen atoms in total. The van der Waals surface area contributed by atoms with Crippen LogP contribution in [-0.4, -0.2) is 36.5 Å². The van der Waals surface area contributed by atoms with Gasteiger partial charge in [0.1, 0.15) is 17.3 Å². The largest absolute Gasteiger partial charge is 0.345 e. The first kappa shape index (κ1) is 30.0. The first-order valence-electron chi connectivity index (χ1n) is 13.3. The predicted octanol–water partition coefficient (Wildman–Crippen LogP) is 5.06. The van der Waals surface area contributed by atoms with Crippen LogP contribution >= 0.6 is 23.1 Å². The Balaban J connectivity index is 1.58. The van der Waals surface area contributed by atoms with Crippen LogP contribution in [-0.2, 0) is 24.4 Å². The van der Waals surface area contributed by atoms with Gasteiger partial charge in [0.05, 0.1) is 16.9 Å². The Morgan fingerprint density at radius 1 is 1.09 bits per heavy atom. The third-order valence-electron chi connectivity index (χ3n) is 6.79. The maximum Gasteiger partial charge on any atom is 0.287 e. The Morgan fingerprint density at radius 3 is 2.63 bits per heavy atom. The summed E-state index contributed by atoms with van der Waals surface area (Å²) in [5.74, 6) is -2.73. The van der Waals surface area contributed by atoms with Gasteiger partial charge in [-0.25, -0.2) is 9.37 Å². The number of carbonyl (C=O) groups is 3. The standard InChI is InChI=1S/C30H27ClFN7O3S/c1-16(40)15-39-26(17(2)22-10-20(32)7-8-23(22)31)27(37-29(41)25-21-5-3-4-6-24(21)43-38-25)36-28(39)30(42)35-14-19-9-18(11-33)12-34-13-19/h3-10,12-13,17H,11,14-15,33H2,1-2H3,(H,35,42)(H,37,41)/t17-/m0/s1. The number of anilines is 1. The van der Waals surface area contributed by atoms with E-state index in [-0.39, 0.29) is 41.2 Å². The van der Waals surface area contributed by atoms with Gasteiger partial charge in [-0.05, 0) is 65.5 Å². The van der Waals surface area contributed by atoms with Crippen LogP contribution in [0.2, 0.25) is 5.02 Å². The number of nitrogens with two attached hydrogens (primary N) is 1. The number of nitrogens with one attached hydrogen (secondary N) is 2. The van der Waals surface area contributed by atoms with Crippen LogP contribution < -0.4 is 16.4 Å². The van der Waals surface area contributed by atoms with Gasteiger partial charge < -0.3 is 20.9 Å². The van der Waals surface area contributed by atoms with Crippen molar-refractivity contribution in [3.05, 3.63) is 106 Å². The molecule has 0 aliphatic heterocycles. The lowest BCUT2D eigenvalue weighted by Crippen LogP contribution is -2.28. The SMILES string of the molecule is CC(=O)Cn1c(C(=O)NCc2cncc(CN)c2)nc(NC(=O)c2nsc3ccccc23)c1[C@@H](C)c1cc(F)ccc1Cl. The number of halogens is 2. The van der Waals surface area contributed by atoms with Gasteiger partial charge in [-0.3, -0.25) is 19.4 Å². The molecule has 5 rings (SSSR count). The number of carbonyl (C=O) groups excluding carboxylic acids is 3. The van der Waals surface area contributed by atoms with E-state index in [0.717, 1.165) is 10.3 Å². The van der Waals surface area contributed by atoms with E-state index in [4.69, 9.17) is 17.3 Å². The van der Waals surface area contributed by atoms with Crippen molar-refractivity contribution in [1.82, 2.24) is 24.2 Å². The fourth-order valence-corrected chi connectivity index (χ4v) is 5.83. The number of nitrogens with zero attached hydrogens (tertiary/aromatic N) is 4. The van der Waals surface area contributed by atoms with Gasteiger partial charge in [0, 0.05) is 41.8 Å². The van der Waals surface area contributed by atoms with Gasteiger partial charge in [-0.15, -0.1) is 0 Å². The van der Waals surface area contributed by atoms with Crippen molar-refractivity contribution in [3.8, 4) is 0 Å². The number of rotatable bonds is 10. The van der Waals surface area contributed by atoms with Gasteiger partial charge in [0.15, 0.2) is 5.82 Å². The average molecular weight is 620 g/mol. The summed E-state index contributed by atoms with van der Waals surface area (Å²) in [5, 5.41) is 6.51. The van der Waals surface area contributed by atoms with Crippen LogP contribution in [0.15, 0.2) is 60.9 Å². The molecule has 0 unspecified atom stereocenters. The summed E-state index contributed by atoms with van der Waals surface area (Å²) >= 11 is 7.64. The fourth-order valence-electron chi connectivity index (χ4n) is 4.77. The molecule has 43 heavy (non-hydrogen) atoms. The average Bonchev–Trinajstić information content (AvgIpc) is 3.58. The van der Waals surface area contributed by atoms with Crippen LogP contribution in [0.3, 0.4) is 0 Å². The van der Waals surface area contributed by atoms with Gasteiger partial charge >= 0.3 is 0 Å². The molecule has 0 aliphatic rings. The molecule has 0 saturated heterocycles. The van der Waals surface area contributed by atoms with E-state index in [1.165, 1.54) is 41.2 Å². The van der Waals surface area contributed by atoms with Gasteiger partial charge in [0.25, 0.3) is 11.8 Å². The molecule has 0 aliphatic carbocycles. The summed E-state index contributed by atoms with van der Waals surface area (Å²) in [6, 6.07) is 13.0. The third-order valence-corrected chi connectivity index (χ3v) is 7.96. The number of pyridine rings is 1. The van der Waals surface area contributed by atoms with E-state index in [9.17, 15) is 18.8 Å². The van der Waals surface area contributed by atoms with Crippen molar-refractivity contribution in [1.29, 1.82) is 0 Å². The minimum absolute atomic E-state index is 0.0214. The Bertz CT molecular complexity index is 1850. The molecule has 5 aromatic rings. The topological polar surface area (TPSA) is 145 Å². The molecule has 0 saturated carbocycles. The Hall–Kier alpha value is -4.52. The number of ketones is 1. The first-order valence-corrected chi connectivity index (χ1v) is 14.4. The van der Waals surface area contributed by atoms with Crippen LogP contribution in [0.1, 0.15) is 63.3 Å². The summed E-state index contributed by atoms with van der Waals surface area (Å²) in [6.45, 7) is 3.27. The molecule has 0 bridgehead atoms. The summed E-state index contributed by atoms with van der Waals surface area (Å²) < 4.78 is 20.9. The van der Waals surface area contributed by atoms with E-state index in [2.05, 4.69) is 25.0 Å². The van der Waals surface area contributed by atoms with Crippen molar-refractivity contribution in [2.45, 2.75) is 39.4 Å². The van der Waals surface area contributed by atoms with Crippen molar-refractivity contribution in [2.24, 2.45) is 5.73 Å². The molecule has 0 radical (unpaired) electrons. The maximum absolute atomic E-state index is 14.3. The summed E-state index contributed by atoms with van der Waals surface area (Å²) in [7, 11) is 0. The van der Waals surface area contributed by atoms with E-state index in [1.54, 1.807) is 31.5 Å². The number of Topliss-reactive ketones (excluding diaryl/α,β-unsaturated/α-hetero) is 1. The quantitative estimate of drug-likeness (QED) is 0.198. The van der Waals surface area contributed by atoms with Crippen LogP contribution in [0.25, 0.3) is 10.1 Å². The Morgan fingerprint density at radius 2 is 1.86 bits per heavy atom. The zero-order chi connectivity index (χ0) is 30.7. The molecule has 2 aromatic carbocycles. The number of aromatic nitrogens is 4. The van der Waals surface area contributed by atoms with Crippen LogP contribution in [0.4, 0.5) is 10.2 Å². The monoisotopic (exact) mass is 619 g/mol. The summed E-state index contributed by atoms with van der Waals surface area (Å²) in [5.41, 5.74) is 8.09. The van der Waals surface area contributed by atoms with Gasteiger partial charge in [-0.1, -0.05) is 36.7 Å². The minimum atomic E-state index is -0.690. The first-order chi connectivity index (χ1) is 20.7. The molecule has 4 N–H and O–H groups in total. The molecule has 0 spiro atoms.